The van der Waals surface area contributed by atoms with Crippen molar-refractivity contribution in [1.29, 1.82) is 5.26 Å². The van der Waals surface area contributed by atoms with Crippen molar-refractivity contribution in [3.8, 4) is 11.8 Å². The van der Waals surface area contributed by atoms with Gasteiger partial charge in [0.25, 0.3) is 0 Å². The molecule has 0 saturated heterocycles. The van der Waals surface area contributed by atoms with Crippen LogP contribution >= 0.6 is 0 Å². The van der Waals surface area contributed by atoms with Crippen LogP contribution in [0.1, 0.15) is 6.42 Å². The maximum absolute atomic E-state index is 13.5. The van der Waals surface area contributed by atoms with Gasteiger partial charge in [-0.25, -0.2) is 8.78 Å². The molecule has 3 nitrogen and oxygen atoms in total. The molecule has 0 N–H and O–H groups in total. The molecule has 0 saturated carbocycles. The van der Waals surface area contributed by atoms with Gasteiger partial charge < -0.3 is 9.64 Å². The number of hydrogen-bond acceptors (Lipinski definition) is 3. The Bertz CT molecular complexity index is 415. The monoisotopic (exact) mass is 226 g/mol. The third-order valence-corrected chi connectivity index (χ3v) is 2.19. The van der Waals surface area contributed by atoms with Crippen molar-refractivity contribution >= 4 is 5.69 Å². The average molecular weight is 226 g/mol. The molecule has 0 amide bonds. The van der Waals surface area contributed by atoms with Crippen LogP contribution in [0.2, 0.25) is 0 Å². The third-order valence-electron chi connectivity index (χ3n) is 2.19. The Morgan fingerprint density at radius 1 is 1.38 bits per heavy atom. The lowest BCUT2D eigenvalue weighted by molar-refractivity contribution is 0.383. The Hall–Kier alpha value is -1.83. The molecule has 0 spiro atoms. The van der Waals surface area contributed by atoms with Gasteiger partial charge in [0.1, 0.15) is 5.82 Å². The van der Waals surface area contributed by atoms with Crippen LogP contribution in [-0.4, -0.2) is 20.7 Å². The molecule has 86 valence electrons. The summed E-state index contributed by atoms with van der Waals surface area (Å²) in [5.74, 6) is -1.32. The molecular weight excluding hydrogens is 214 g/mol. The van der Waals surface area contributed by atoms with Crippen molar-refractivity contribution in [2.24, 2.45) is 0 Å². The molecular formula is C11H12F2N2O. The first-order valence-corrected chi connectivity index (χ1v) is 4.71. The van der Waals surface area contributed by atoms with E-state index >= 15 is 0 Å². The molecule has 0 aromatic heterocycles. The van der Waals surface area contributed by atoms with E-state index in [0.717, 1.165) is 12.1 Å². The van der Waals surface area contributed by atoms with E-state index in [1.54, 1.807) is 7.05 Å². The molecule has 1 rings (SSSR count). The molecule has 0 aliphatic heterocycles. The van der Waals surface area contributed by atoms with Crippen molar-refractivity contribution in [3.05, 3.63) is 23.8 Å². The minimum atomic E-state index is -0.622. The number of anilines is 1. The van der Waals surface area contributed by atoms with Crippen LogP contribution in [0.3, 0.4) is 0 Å². The Labute approximate surface area is 92.9 Å². The Kier molecular flexibility index (Phi) is 4.06. The van der Waals surface area contributed by atoms with Crippen LogP contribution < -0.4 is 9.64 Å². The molecule has 0 aliphatic carbocycles. The molecule has 5 heteroatoms. The summed E-state index contributed by atoms with van der Waals surface area (Å²) < 4.78 is 31.5. The summed E-state index contributed by atoms with van der Waals surface area (Å²) >= 11 is 0. The standard InChI is InChI=1S/C11H12F2N2O/c1-15(5-3-4-14)10-6-9(13)11(16-2)7-8(10)12/h6-7H,3,5H2,1-2H3. The maximum Gasteiger partial charge on any atom is 0.167 e. The lowest BCUT2D eigenvalue weighted by Gasteiger charge is -2.19. The van der Waals surface area contributed by atoms with Crippen molar-refractivity contribution < 1.29 is 13.5 Å². The number of hydrogen-bond donors (Lipinski definition) is 0. The van der Waals surface area contributed by atoms with E-state index in [-0.39, 0.29) is 17.9 Å². The smallest absolute Gasteiger partial charge is 0.167 e. The summed E-state index contributed by atoms with van der Waals surface area (Å²) in [7, 11) is 2.87. The minimum absolute atomic E-state index is 0.119. The predicted molar refractivity (Wildman–Crippen MR) is 56.4 cm³/mol. The normalized spacial score (nSPS) is 9.69. The molecule has 16 heavy (non-hydrogen) atoms. The molecule has 0 heterocycles. The molecule has 0 aliphatic rings. The Balaban J connectivity index is 2.97. The average Bonchev–Trinajstić information content (AvgIpc) is 2.28. The van der Waals surface area contributed by atoms with Crippen LogP contribution in [0, 0.1) is 23.0 Å². The number of halogens is 2. The summed E-state index contributed by atoms with van der Waals surface area (Å²) in [6.45, 7) is 0.346. The third kappa shape index (κ3) is 2.60. The summed E-state index contributed by atoms with van der Waals surface area (Å²) in [5, 5.41) is 8.40. The largest absolute Gasteiger partial charge is 0.494 e. The van der Waals surface area contributed by atoms with E-state index < -0.39 is 11.6 Å². The van der Waals surface area contributed by atoms with Gasteiger partial charge in [0.15, 0.2) is 11.6 Å². The molecule has 1 aromatic carbocycles. The highest BCUT2D eigenvalue weighted by Crippen LogP contribution is 2.26. The van der Waals surface area contributed by atoms with Crippen LogP contribution in [-0.2, 0) is 0 Å². The lowest BCUT2D eigenvalue weighted by atomic mass is 10.2. The molecule has 0 atom stereocenters. The van der Waals surface area contributed by atoms with Crippen molar-refractivity contribution in [1.82, 2.24) is 0 Å². The SMILES string of the molecule is COc1cc(F)c(N(C)CCC#N)cc1F. The molecule has 1 aromatic rings. The summed E-state index contributed by atoms with van der Waals surface area (Å²) in [6.07, 6.45) is 0.254. The van der Waals surface area contributed by atoms with Crippen LogP contribution in [0.5, 0.6) is 5.75 Å². The first kappa shape index (κ1) is 12.2. The van der Waals surface area contributed by atoms with Crippen LogP contribution in [0.25, 0.3) is 0 Å². The zero-order valence-corrected chi connectivity index (χ0v) is 9.13. The number of rotatable bonds is 4. The summed E-state index contributed by atoms with van der Waals surface area (Å²) in [4.78, 5) is 1.49. The number of methoxy groups -OCH3 is 1. The molecule has 0 unspecified atom stereocenters. The van der Waals surface area contributed by atoms with E-state index in [9.17, 15) is 8.78 Å². The zero-order chi connectivity index (χ0) is 12.1. The first-order chi connectivity index (χ1) is 7.60. The topological polar surface area (TPSA) is 36.3 Å². The van der Waals surface area contributed by atoms with Gasteiger partial charge in [0.05, 0.1) is 25.3 Å². The van der Waals surface area contributed by atoms with E-state index in [1.807, 2.05) is 6.07 Å². The number of benzene rings is 1. The second-order valence-corrected chi connectivity index (χ2v) is 3.27. The van der Waals surface area contributed by atoms with E-state index in [2.05, 4.69) is 4.74 Å². The second kappa shape index (κ2) is 5.31. The summed E-state index contributed by atoms with van der Waals surface area (Å²) in [6, 6.07) is 4.00. The number of ether oxygens (including phenoxy) is 1. The van der Waals surface area contributed by atoms with Gasteiger partial charge in [-0.2, -0.15) is 5.26 Å². The van der Waals surface area contributed by atoms with Gasteiger partial charge in [0, 0.05) is 25.7 Å². The van der Waals surface area contributed by atoms with Crippen molar-refractivity contribution in [2.75, 3.05) is 25.6 Å². The fourth-order valence-electron chi connectivity index (χ4n) is 1.31. The maximum atomic E-state index is 13.5. The van der Waals surface area contributed by atoms with Gasteiger partial charge in [-0.1, -0.05) is 0 Å². The van der Waals surface area contributed by atoms with E-state index in [0.29, 0.717) is 6.54 Å². The quantitative estimate of drug-likeness (QED) is 0.790. The molecule has 0 radical (unpaired) electrons. The van der Waals surface area contributed by atoms with Crippen molar-refractivity contribution in [3.63, 3.8) is 0 Å². The molecule has 0 bridgehead atoms. The highest BCUT2D eigenvalue weighted by Gasteiger charge is 2.13. The Morgan fingerprint density at radius 3 is 2.62 bits per heavy atom. The summed E-state index contributed by atoms with van der Waals surface area (Å²) in [5.41, 5.74) is 0.119. The van der Waals surface area contributed by atoms with Crippen LogP contribution in [0.15, 0.2) is 12.1 Å². The van der Waals surface area contributed by atoms with Crippen molar-refractivity contribution in [2.45, 2.75) is 6.42 Å². The molecule has 0 fully saturated rings. The lowest BCUT2D eigenvalue weighted by Crippen LogP contribution is -2.19. The predicted octanol–water partition coefficient (Wildman–Crippen LogP) is 2.32. The van der Waals surface area contributed by atoms with Gasteiger partial charge in [0.2, 0.25) is 0 Å². The fraction of sp³-hybridized carbons (Fsp3) is 0.364. The fourth-order valence-corrected chi connectivity index (χ4v) is 1.31. The van der Waals surface area contributed by atoms with E-state index in [1.165, 1.54) is 12.0 Å². The second-order valence-electron chi connectivity index (χ2n) is 3.27. The van der Waals surface area contributed by atoms with Gasteiger partial charge in [-0.05, 0) is 0 Å². The first-order valence-electron chi connectivity index (χ1n) is 4.71. The number of nitriles is 1. The van der Waals surface area contributed by atoms with Gasteiger partial charge in [-0.15, -0.1) is 0 Å². The van der Waals surface area contributed by atoms with Crippen LogP contribution in [0.4, 0.5) is 14.5 Å². The highest BCUT2D eigenvalue weighted by atomic mass is 19.1. The number of nitrogens with zero attached hydrogens (tertiary/aromatic N) is 2. The van der Waals surface area contributed by atoms with Gasteiger partial charge >= 0.3 is 0 Å². The van der Waals surface area contributed by atoms with Gasteiger partial charge in [-0.3, -0.25) is 0 Å². The Morgan fingerprint density at radius 2 is 2.06 bits per heavy atom. The zero-order valence-electron chi connectivity index (χ0n) is 9.13. The minimum Gasteiger partial charge on any atom is -0.494 e. The highest BCUT2D eigenvalue weighted by molar-refractivity contribution is 5.50. The van der Waals surface area contributed by atoms with E-state index in [4.69, 9.17) is 5.26 Å².